The molecule has 2 aromatic rings. The van der Waals surface area contributed by atoms with E-state index in [0.717, 1.165) is 15.0 Å². The molecule has 0 unspecified atom stereocenters. The predicted molar refractivity (Wildman–Crippen MR) is 116 cm³/mol. The third-order valence-electron chi connectivity index (χ3n) is 4.65. The fraction of sp³-hybridized carbons (Fsp3) is 0.500. The summed E-state index contributed by atoms with van der Waals surface area (Å²) in [5.74, 6) is 0.204. The number of rotatable bonds is 9. The van der Waals surface area contributed by atoms with Crippen LogP contribution in [-0.4, -0.2) is 42.9 Å². The van der Waals surface area contributed by atoms with E-state index in [1.165, 1.54) is 67.3 Å². The zero-order chi connectivity index (χ0) is 20.7. The van der Waals surface area contributed by atoms with Gasteiger partial charge in [-0.25, -0.2) is 13.6 Å². The fourth-order valence-corrected chi connectivity index (χ4v) is 5.29. The topological polar surface area (TPSA) is 127 Å². The molecule has 8 nitrogen and oxygen atoms in total. The summed E-state index contributed by atoms with van der Waals surface area (Å²) in [5.41, 5.74) is 0.924. The average Bonchev–Trinajstić information content (AvgIpc) is 3.14. The van der Waals surface area contributed by atoms with Crippen molar-refractivity contribution in [3.63, 3.8) is 0 Å². The van der Waals surface area contributed by atoms with E-state index >= 15 is 0 Å². The van der Waals surface area contributed by atoms with E-state index in [1.807, 2.05) is 0 Å². The van der Waals surface area contributed by atoms with E-state index in [9.17, 15) is 13.2 Å². The van der Waals surface area contributed by atoms with Crippen molar-refractivity contribution in [3.8, 4) is 0 Å². The van der Waals surface area contributed by atoms with E-state index in [4.69, 9.17) is 5.14 Å². The smallest absolute Gasteiger partial charge is 0.238 e. The predicted octanol–water partition coefficient (Wildman–Crippen LogP) is 2.38. The Hall–Kier alpha value is -1.69. The molecule has 0 atom stereocenters. The number of aromatic nitrogens is 2. The second-order valence-corrected chi connectivity index (χ2v) is 10.7. The molecule has 4 N–H and O–H groups in total. The number of anilines is 1. The summed E-state index contributed by atoms with van der Waals surface area (Å²) in [4.78, 5) is 12.1. The van der Waals surface area contributed by atoms with E-state index < -0.39 is 10.0 Å². The number of nitrogens with one attached hydrogen (secondary N) is 2. The molecular weight excluding hydrogens is 430 g/mol. The van der Waals surface area contributed by atoms with Gasteiger partial charge in [-0.3, -0.25) is 4.79 Å². The Morgan fingerprint density at radius 2 is 1.90 bits per heavy atom. The molecule has 0 radical (unpaired) electrons. The quantitative estimate of drug-likeness (QED) is 0.495. The highest BCUT2D eigenvalue weighted by atomic mass is 32.2. The molecule has 0 saturated heterocycles. The lowest BCUT2D eigenvalue weighted by atomic mass is 9.96. The number of carbonyl (C=O) groups excluding carboxylic acids is 1. The lowest BCUT2D eigenvalue weighted by Crippen LogP contribution is -2.27. The zero-order valence-corrected chi connectivity index (χ0v) is 18.4. The number of nitrogens with zero attached hydrogens (tertiary/aromatic N) is 2. The number of amides is 1. The first-order valence-electron chi connectivity index (χ1n) is 9.51. The summed E-state index contributed by atoms with van der Waals surface area (Å²) in [7, 11) is -3.68. The highest BCUT2D eigenvalue weighted by Gasteiger charge is 2.15. The van der Waals surface area contributed by atoms with Crippen molar-refractivity contribution >= 4 is 44.2 Å². The maximum Gasteiger partial charge on any atom is 0.238 e. The molecular formula is C18H25N5O3S3. The van der Waals surface area contributed by atoms with E-state index in [-0.39, 0.29) is 16.6 Å². The van der Waals surface area contributed by atoms with Crippen LogP contribution in [0.1, 0.15) is 37.7 Å². The molecule has 1 saturated carbocycles. The minimum atomic E-state index is -3.68. The van der Waals surface area contributed by atoms with Crippen molar-refractivity contribution in [1.82, 2.24) is 15.5 Å². The highest BCUT2D eigenvalue weighted by Crippen LogP contribution is 2.28. The van der Waals surface area contributed by atoms with Gasteiger partial charge in [0.2, 0.25) is 21.1 Å². The molecule has 0 spiro atoms. The molecule has 3 rings (SSSR count). The van der Waals surface area contributed by atoms with Gasteiger partial charge in [0.1, 0.15) is 0 Å². The first-order chi connectivity index (χ1) is 13.9. The molecule has 0 aliphatic heterocycles. The standard InChI is InChI=1S/C18H25N5O3S3/c19-29(25,26)15-8-6-13(7-9-15)10-11-20-16(24)12-27-18-23-22-17(28-18)21-14-4-2-1-3-5-14/h6-9,14H,1-5,10-12H2,(H,20,24)(H,21,22)(H2,19,25,26). The number of nitrogens with two attached hydrogens (primary N) is 1. The number of benzene rings is 1. The lowest BCUT2D eigenvalue weighted by Gasteiger charge is -2.21. The van der Waals surface area contributed by atoms with Gasteiger partial charge in [-0.15, -0.1) is 10.2 Å². The van der Waals surface area contributed by atoms with Crippen molar-refractivity contribution in [3.05, 3.63) is 29.8 Å². The van der Waals surface area contributed by atoms with Gasteiger partial charge in [-0.1, -0.05) is 54.5 Å². The Morgan fingerprint density at radius 3 is 2.59 bits per heavy atom. The Bertz CT molecular complexity index is 909. The van der Waals surface area contributed by atoms with Crippen LogP contribution >= 0.6 is 23.1 Å². The summed E-state index contributed by atoms with van der Waals surface area (Å²) in [6.07, 6.45) is 6.79. The molecule has 11 heteroatoms. The third-order valence-corrected chi connectivity index (χ3v) is 7.57. The summed E-state index contributed by atoms with van der Waals surface area (Å²) in [6.45, 7) is 0.471. The molecule has 1 heterocycles. The largest absolute Gasteiger partial charge is 0.357 e. The van der Waals surface area contributed by atoms with Gasteiger partial charge in [0.25, 0.3) is 0 Å². The van der Waals surface area contributed by atoms with Gasteiger partial charge >= 0.3 is 0 Å². The third kappa shape index (κ3) is 7.25. The second kappa shape index (κ2) is 10.4. The Labute approximate surface area is 179 Å². The van der Waals surface area contributed by atoms with Gasteiger partial charge in [-0.05, 0) is 37.0 Å². The van der Waals surface area contributed by atoms with Crippen molar-refractivity contribution in [2.45, 2.75) is 53.8 Å². The van der Waals surface area contributed by atoms with Crippen LogP contribution in [0, 0.1) is 0 Å². The van der Waals surface area contributed by atoms with Crippen molar-refractivity contribution in [2.24, 2.45) is 5.14 Å². The monoisotopic (exact) mass is 455 g/mol. The maximum atomic E-state index is 12.0. The molecule has 1 aliphatic rings. The minimum absolute atomic E-state index is 0.0758. The number of carbonyl (C=O) groups is 1. The maximum absolute atomic E-state index is 12.0. The molecule has 1 fully saturated rings. The van der Waals surface area contributed by atoms with E-state index in [0.29, 0.717) is 19.0 Å². The summed E-state index contributed by atoms with van der Waals surface area (Å²) >= 11 is 2.86. The van der Waals surface area contributed by atoms with Crippen LogP contribution in [0.2, 0.25) is 0 Å². The molecule has 158 valence electrons. The first-order valence-corrected chi connectivity index (χ1v) is 12.9. The summed E-state index contributed by atoms with van der Waals surface area (Å²) in [6, 6.07) is 6.82. The van der Waals surface area contributed by atoms with Crippen LogP contribution in [-0.2, 0) is 21.2 Å². The van der Waals surface area contributed by atoms with E-state index in [2.05, 4.69) is 20.8 Å². The highest BCUT2D eigenvalue weighted by molar-refractivity contribution is 8.01. The number of sulfonamides is 1. The molecule has 29 heavy (non-hydrogen) atoms. The Kier molecular flexibility index (Phi) is 7.87. The number of thioether (sulfide) groups is 1. The van der Waals surface area contributed by atoms with Crippen LogP contribution in [0.3, 0.4) is 0 Å². The molecule has 0 bridgehead atoms. The first kappa shape index (κ1) is 22.0. The van der Waals surface area contributed by atoms with Crippen LogP contribution in [0.15, 0.2) is 33.5 Å². The van der Waals surface area contributed by atoms with Crippen LogP contribution < -0.4 is 15.8 Å². The second-order valence-electron chi connectivity index (χ2n) is 6.93. The number of hydrogen-bond donors (Lipinski definition) is 3. The van der Waals surface area contributed by atoms with Crippen LogP contribution in [0.25, 0.3) is 0 Å². The Morgan fingerprint density at radius 1 is 1.17 bits per heavy atom. The van der Waals surface area contributed by atoms with Crippen LogP contribution in [0.4, 0.5) is 5.13 Å². The normalized spacial score (nSPS) is 15.2. The van der Waals surface area contributed by atoms with Crippen molar-refractivity contribution in [2.75, 3.05) is 17.6 Å². The van der Waals surface area contributed by atoms with E-state index in [1.54, 1.807) is 12.1 Å². The fourth-order valence-electron chi connectivity index (χ4n) is 3.12. The molecule has 1 aromatic carbocycles. The summed E-state index contributed by atoms with van der Waals surface area (Å²) in [5, 5.41) is 20.5. The number of hydrogen-bond acceptors (Lipinski definition) is 8. The summed E-state index contributed by atoms with van der Waals surface area (Å²) < 4.78 is 23.3. The minimum Gasteiger partial charge on any atom is -0.357 e. The Balaban J connectivity index is 1.36. The van der Waals surface area contributed by atoms with Crippen LogP contribution in [0.5, 0.6) is 0 Å². The average molecular weight is 456 g/mol. The van der Waals surface area contributed by atoms with Gasteiger partial charge in [-0.2, -0.15) is 0 Å². The zero-order valence-electron chi connectivity index (χ0n) is 16.0. The van der Waals surface area contributed by atoms with Gasteiger partial charge < -0.3 is 10.6 Å². The molecule has 1 amide bonds. The van der Waals surface area contributed by atoms with Gasteiger partial charge in [0, 0.05) is 12.6 Å². The molecule has 1 aliphatic carbocycles. The SMILES string of the molecule is NS(=O)(=O)c1ccc(CCNC(=O)CSc2nnc(NC3CCCCC3)s2)cc1. The molecule has 1 aromatic heterocycles. The lowest BCUT2D eigenvalue weighted by molar-refractivity contribution is -0.118. The van der Waals surface area contributed by atoms with Gasteiger partial charge in [0.05, 0.1) is 10.6 Å². The van der Waals surface area contributed by atoms with Gasteiger partial charge in [0.15, 0.2) is 4.34 Å². The van der Waals surface area contributed by atoms with Crippen molar-refractivity contribution < 1.29 is 13.2 Å². The number of primary sulfonamides is 1. The van der Waals surface area contributed by atoms with Crippen molar-refractivity contribution in [1.29, 1.82) is 0 Å².